The van der Waals surface area contributed by atoms with Crippen LogP contribution in [0.15, 0.2) is 0 Å². The van der Waals surface area contributed by atoms with Crippen LogP contribution in [0.4, 0.5) is 0 Å². The van der Waals surface area contributed by atoms with Crippen molar-refractivity contribution in [1.29, 1.82) is 5.26 Å². The molecule has 6 nitrogen and oxygen atoms in total. The van der Waals surface area contributed by atoms with Crippen molar-refractivity contribution in [1.82, 2.24) is 0 Å². The van der Waals surface area contributed by atoms with Crippen LogP contribution in [-0.2, 0) is 23.1 Å². The van der Waals surface area contributed by atoms with E-state index in [4.69, 9.17) is 13.8 Å². The third kappa shape index (κ3) is 6.17. The van der Waals surface area contributed by atoms with E-state index in [9.17, 15) is 14.6 Å². The molecule has 0 aliphatic carbocycles. The van der Waals surface area contributed by atoms with Crippen molar-refractivity contribution in [2.45, 2.75) is 59.2 Å². The molecule has 2 atom stereocenters. The van der Waals surface area contributed by atoms with Crippen molar-refractivity contribution in [3.05, 3.63) is 0 Å². The summed E-state index contributed by atoms with van der Waals surface area (Å²) in [6.45, 7) is 10.6. The Labute approximate surface area is 127 Å². The molecule has 0 aromatic rings. The van der Waals surface area contributed by atoms with E-state index >= 15 is 0 Å². The zero-order valence-corrected chi connectivity index (χ0v) is 14.6. The van der Waals surface area contributed by atoms with Gasteiger partial charge in [0.25, 0.3) is 0 Å². The summed E-state index contributed by atoms with van der Waals surface area (Å²) in [5.41, 5.74) is -1.84. The molecule has 0 saturated carbocycles. The largest absolute Gasteiger partial charge is 0.460 e. The Bertz CT molecular complexity index is 414. The van der Waals surface area contributed by atoms with Gasteiger partial charge >= 0.3 is 13.6 Å². The SMILES string of the molecule is CCOP(=O)(OCC)C(C#N)C(CC)C(=O)OC(C)(C)C. The first-order chi connectivity index (χ1) is 9.65. The Morgan fingerprint density at radius 1 is 1.19 bits per heavy atom. The second kappa shape index (κ2) is 8.53. The lowest BCUT2D eigenvalue weighted by Crippen LogP contribution is -2.34. The van der Waals surface area contributed by atoms with Crippen LogP contribution in [0.3, 0.4) is 0 Å². The summed E-state index contributed by atoms with van der Waals surface area (Å²) in [6.07, 6.45) is 0.317. The average molecular weight is 319 g/mol. The number of hydrogen-bond donors (Lipinski definition) is 0. The van der Waals surface area contributed by atoms with Gasteiger partial charge in [-0.15, -0.1) is 0 Å². The molecule has 0 amide bonds. The highest BCUT2D eigenvalue weighted by Gasteiger charge is 2.45. The molecule has 0 heterocycles. The van der Waals surface area contributed by atoms with Gasteiger partial charge in [-0.05, 0) is 41.0 Å². The van der Waals surface area contributed by atoms with Gasteiger partial charge in [-0.25, -0.2) is 0 Å². The van der Waals surface area contributed by atoms with Crippen molar-refractivity contribution >= 4 is 13.6 Å². The molecule has 0 aromatic heterocycles. The Morgan fingerprint density at radius 3 is 1.95 bits per heavy atom. The van der Waals surface area contributed by atoms with E-state index in [2.05, 4.69) is 0 Å². The summed E-state index contributed by atoms with van der Waals surface area (Å²) < 4.78 is 28.4. The summed E-state index contributed by atoms with van der Waals surface area (Å²) in [5, 5.41) is 9.37. The predicted octanol–water partition coefficient (Wildman–Crippen LogP) is 3.51. The molecule has 0 saturated heterocycles. The number of rotatable bonds is 8. The third-order valence-electron chi connectivity index (χ3n) is 2.62. The molecule has 122 valence electrons. The summed E-state index contributed by atoms with van der Waals surface area (Å²) >= 11 is 0. The van der Waals surface area contributed by atoms with Crippen molar-refractivity contribution in [2.75, 3.05) is 13.2 Å². The summed E-state index contributed by atoms with van der Waals surface area (Å²) in [5.74, 6) is -1.41. The highest BCUT2D eigenvalue weighted by atomic mass is 31.2. The minimum atomic E-state index is -3.68. The van der Waals surface area contributed by atoms with Gasteiger partial charge in [-0.3, -0.25) is 9.36 Å². The Morgan fingerprint density at radius 2 is 1.67 bits per heavy atom. The van der Waals surface area contributed by atoms with Crippen molar-refractivity contribution in [3.8, 4) is 6.07 Å². The first-order valence-electron chi connectivity index (χ1n) is 7.16. The third-order valence-corrected chi connectivity index (χ3v) is 5.01. The monoisotopic (exact) mass is 319 g/mol. The molecule has 0 spiro atoms. The van der Waals surface area contributed by atoms with E-state index in [-0.39, 0.29) is 13.2 Å². The minimum absolute atomic E-state index is 0.139. The average Bonchev–Trinajstić information content (AvgIpc) is 2.33. The van der Waals surface area contributed by atoms with Crippen LogP contribution in [0.25, 0.3) is 0 Å². The highest BCUT2D eigenvalue weighted by Crippen LogP contribution is 2.56. The molecule has 0 bridgehead atoms. The molecule has 21 heavy (non-hydrogen) atoms. The molecule has 0 N–H and O–H groups in total. The maximum atomic E-state index is 12.7. The number of nitrogens with zero attached hydrogens (tertiary/aromatic N) is 1. The lowest BCUT2D eigenvalue weighted by Gasteiger charge is -2.29. The van der Waals surface area contributed by atoms with Crippen molar-refractivity contribution in [3.63, 3.8) is 0 Å². The van der Waals surface area contributed by atoms with Gasteiger partial charge in [0, 0.05) is 0 Å². The quantitative estimate of drug-likeness (QED) is 0.502. The molecule has 0 aliphatic heterocycles. The van der Waals surface area contributed by atoms with Crippen LogP contribution >= 0.6 is 7.60 Å². The van der Waals surface area contributed by atoms with Crippen molar-refractivity contribution in [2.24, 2.45) is 5.92 Å². The lowest BCUT2D eigenvalue weighted by atomic mass is 10.0. The molecule has 0 rings (SSSR count). The van der Waals surface area contributed by atoms with Gasteiger partial charge in [-0.2, -0.15) is 5.26 Å². The summed E-state index contributed by atoms with van der Waals surface area (Å²) in [7, 11) is -3.68. The fourth-order valence-corrected chi connectivity index (χ4v) is 3.87. The van der Waals surface area contributed by atoms with Gasteiger partial charge < -0.3 is 13.8 Å². The van der Waals surface area contributed by atoms with Crippen LogP contribution in [-0.4, -0.2) is 30.4 Å². The molecule has 2 unspecified atom stereocenters. The summed E-state index contributed by atoms with van der Waals surface area (Å²) in [6, 6.07) is 1.92. The predicted molar refractivity (Wildman–Crippen MR) is 79.9 cm³/mol. The van der Waals surface area contributed by atoms with E-state index in [0.29, 0.717) is 6.42 Å². The van der Waals surface area contributed by atoms with Crippen LogP contribution in [0.2, 0.25) is 0 Å². The van der Waals surface area contributed by atoms with Crippen molar-refractivity contribution < 1.29 is 23.1 Å². The molecular weight excluding hydrogens is 293 g/mol. The van der Waals surface area contributed by atoms with E-state index < -0.39 is 30.7 Å². The smallest absolute Gasteiger partial charge is 0.348 e. The molecule has 0 aromatic carbocycles. The first-order valence-corrected chi connectivity index (χ1v) is 8.77. The van der Waals surface area contributed by atoms with E-state index in [1.165, 1.54) is 0 Å². The van der Waals surface area contributed by atoms with Gasteiger partial charge in [0.1, 0.15) is 5.60 Å². The Balaban J connectivity index is 5.41. The van der Waals surface area contributed by atoms with E-state index in [1.54, 1.807) is 41.5 Å². The van der Waals surface area contributed by atoms with E-state index in [0.717, 1.165) is 0 Å². The number of nitriles is 1. The number of hydrogen-bond acceptors (Lipinski definition) is 6. The summed E-state index contributed by atoms with van der Waals surface area (Å²) in [4.78, 5) is 12.2. The molecule has 0 fully saturated rings. The Kier molecular flexibility index (Phi) is 8.17. The second-order valence-corrected chi connectivity index (χ2v) is 7.65. The highest BCUT2D eigenvalue weighted by molar-refractivity contribution is 7.55. The standard InChI is InChI=1S/C14H26NO5P/c1-7-11(13(16)20-14(4,5)6)12(10-15)21(17,18-8-2)19-9-3/h11-12H,7-9H2,1-6H3. The number of carbonyl (C=O) groups excluding carboxylic acids is 1. The van der Waals surface area contributed by atoms with Gasteiger partial charge in [-0.1, -0.05) is 6.92 Å². The molecule has 0 radical (unpaired) electrons. The lowest BCUT2D eigenvalue weighted by molar-refractivity contribution is -0.160. The van der Waals surface area contributed by atoms with Gasteiger partial charge in [0.05, 0.1) is 25.2 Å². The number of esters is 1. The maximum absolute atomic E-state index is 12.7. The number of ether oxygens (including phenoxy) is 1. The van der Waals surface area contributed by atoms with Gasteiger partial charge in [0.15, 0.2) is 5.66 Å². The fraction of sp³-hybridized carbons (Fsp3) is 0.857. The minimum Gasteiger partial charge on any atom is -0.460 e. The van der Waals surface area contributed by atoms with Gasteiger partial charge in [0.2, 0.25) is 0 Å². The molecule has 0 aliphatic rings. The van der Waals surface area contributed by atoms with E-state index in [1.807, 2.05) is 6.07 Å². The maximum Gasteiger partial charge on any atom is 0.348 e. The molecular formula is C14H26NO5P. The second-order valence-electron chi connectivity index (χ2n) is 5.50. The first kappa shape index (κ1) is 20.1. The normalized spacial score (nSPS) is 15.1. The zero-order valence-electron chi connectivity index (χ0n) is 13.7. The zero-order chi connectivity index (χ0) is 16.7. The Hall–Kier alpha value is -0.890. The van der Waals surface area contributed by atoms with Crippen LogP contribution in [0.5, 0.6) is 0 Å². The fourth-order valence-electron chi connectivity index (χ4n) is 1.84. The van der Waals surface area contributed by atoms with Crippen LogP contribution in [0, 0.1) is 17.2 Å². The topological polar surface area (TPSA) is 85.6 Å². The van der Waals surface area contributed by atoms with Crippen LogP contribution < -0.4 is 0 Å². The van der Waals surface area contributed by atoms with Crippen LogP contribution in [0.1, 0.15) is 48.0 Å². The number of carbonyl (C=O) groups is 1. The molecule has 7 heteroatoms.